The molecule has 0 aliphatic carbocycles. The zero-order valence-electron chi connectivity index (χ0n) is 19.7. The quantitative estimate of drug-likeness (QED) is 0.206. The summed E-state index contributed by atoms with van der Waals surface area (Å²) in [5.41, 5.74) is 10.7. The summed E-state index contributed by atoms with van der Waals surface area (Å²) in [7, 11) is 1.79. The zero-order valence-corrected chi connectivity index (χ0v) is 19.7. The third-order valence-electron chi connectivity index (χ3n) is 5.18. The average molecular weight is 485 g/mol. The van der Waals surface area contributed by atoms with Crippen LogP contribution < -0.4 is 20.7 Å². The van der Waals surface area contributed by atoms with Crippen LogP contribution in [0.2, 0.25) is 0 Å². The van der Waals surface area contributed by atoms with Crippen molar-refractivity contribution >= 4 is 17.8 Å². The van der Waals surface area contributed by atoms with E-state index in [-0.39, 0.29) is 18.2 Å². The molecule has 2 aromatic carbocycles. The van der Waals surface area contributed by atoms with Crippen molar-refractivity contribution in [1.82, 2.24) is 5.32 Å². The number of anilines is 1. The van der Waals surface area contributed by atoms with Gasteiger partial charge >= 0.3 is 6.36 Å². The van der Waals surface area contributed by atoms with E-state index in [2.05, 4.69) is 28.6 Å². The second-order valence-corrected chi connectivity index (χ2v) is 7.51. The van der Waals surface area contributed by atoms with Crippen molar-refractivity contribution in [3.05, 3.63) is 71.5 Å². The number of halogens is 3. The Bertz CT molecular complexity index is 1190. The standard InChI is InChI=1S/C26H27F3N4O2/c1-5-11-33(4)25-17(3)22(19-7-9-21(10-8-19)35-26(27,28)29)13-20(16-32-24(34)6-2)23(25)12-18(14-30)15-31/h6-10,13-15,30H,2,12,16,31H2,1,3-4H3,(H,32,34)/b18-15-,30-14?. The molecule has 0 aliphatic rings. The van der Waals surface area contributed by atoms with Crippen LogP contribution in [0.15, 0.2) is 54.8 Å². The summed E-state index contributed by atoms with van der Waals surface area (Å²) >= 11 is 0. The van der Waals surface area contributed by atoms with Gasteiger partial charge in [-0.3, -0.25) is 4.79 Å². The first-order valence-corrected chi connectivity index (χ1v) is 10.5. The predicted molar refractivity (Wildman–Crippen MR) is 132 cm³/mol. The third kappa shape index (κ3) is 7.14. The molecule has 6 nitrogen and oxygen atoms in total. The summed E-state index contributed by atoms with van der Waals surface area (Å²) in [5, 5.41) is 10.4. The maximum atomic E-state index is 12.6. The molecule has 0 radical (unpaired) electrons. The molecule has 184 valence electrons. The molecule has 0 spiro atoms. The number of carbonyl (C=O) groups is 1. The van der Waals surface area contributed by atoms with E-state index in [0.717, 1.165) is 40.2 Å². The monoisotopic (exact) mass is 484 g/mol. The summed E-state index contributed by atoms with van der Waals surface area (Å²) in [4.78, 5) is 13.6. The van der Waals surface area contributed by atoms with Gasteiger partial charge in [0.05, 0.1) is 5.69 Å². The number of carbonyl (C=O) groups excluding carboxylic acids is 1. The maximum absolute atomic E-state index is 12.6. The molecule has 0 atom stereocenters. The van der Waals surface area contributed by atoms with Crippen molar-refractivity contribution in [2.75, 3.05) is 11.9 Å². The molecule has 1 amide bonds. The Kier molecular flexibility index (Phi) is 9.11. The topological polar surface area (TPSA) is 91.4 Å². The second-order valence-electron chi connectivity index (χ2n) is 7.51. The normalized spacial score (nSPS) is 11.2. The van der Waals surface area contributed by atoms with Crippen LogP contribution >= 0.6 is 0 Å². The van der Waals surface area contributed by atoms with E-state index in [9.17, 15) is 18.0 Å². The molecule has 4 N–H and O–H groups in total. The molecule has 35 heavy (non-hydrogen) atoms. The fraction of sp³-hybridized carbons (Fsp3) is 0.231. The second kappa shape index (κ2) is 11.8. The average Bonchev–Trinajstić information content (AvgIpc) is 2.81. The number of nitrogens with two attached hydrogens (primary N) is 1. The Morgan fingerprint density at radius 2 is 1.97 bits per heavy atom. The highest BCUT2D eigenvalue weighted by molar-refractivity contribution is 5.87. The summed E-state index contributed by atoms with van der Waals surface area (Å²) in [5.74, 6) is 2.16. The smallest absolute Gasteiger partial charge is 0.406 e. The first-order chi connectivity index (χ1) is 16.5. The van der Waals surface area contributed by atoms with E-state index in [1.165, 1.54) is 30.5 Å². The van der Waals surface area contributed by atoms with Crippen LogP contribution in [0.4, 0.5) is 18.9 Å². The van der Waals surface area contributed by atoms with E-state index in [4.69, 9.17) is 11.1 Å². The van der Waals surface area contributed by atoms with E-state index in [1.807, 2.05) is 13.0 Å². The minimum atomic E-state index is -4.78. The molecule has 2 rings (SSSR count). The number of ether oxygens (including phenoxy) is 1. The van der Waals surface area contributed by atoms with Gasteiger partial charge in [0.25, 0.3) is 0 Å². The highest BCUT2D eigenvalue weighted by atomic mass is 19.4. The van der Waals surface area contributed by atoms with Crippen LogP contribution in [0.5, 0.6) is 5.75 Å². The SMILES string of the molecule is C=CC(=O)NCc1cc(-c2ccc(OC(F)(F)F)cc2)c(C)c(N(C)C#CC)c1C/C(C=N)=C/N. The molecular formula is C26H27F3N4O2. The Balaban J connectivity index is 2.75. The summed E-state index contributed by atoms with van der Waals surface area (Å²) in [6.45, 7) is 7.20. The van der Waals surface area contributed by atoms with Crippen molar-refractivity contribution in [1.29, 1.82) is 5.41 Å². The molecule has 9 heteroatoms. The number of nitrogens with one attached hydrogen (secondary N) is 2. The largest absolute Gasteiger partial charge is 0.573 e. The third-order valence-corrected chi connectivity index (χ3v) is 5.18. The number of benzene rings is 2. The number of nitrogens with zero attached hydrogens (tertiary/aromatic N) is 1. The van der Waals surface area contributed by atoms with E-state index in [0.29, 0.717) is 17.6 Å². The molecule has 0 aromatic heterocycles. The van der Waals surface area contributed by atoms with E-state index in [1.54, 1.807) is 18.9 Å². The van der Waals surface area contributed by atoms with Gasteiger partial charge in [0.1, 0.15) is 5.75 Å². The molecule has 0 aliphatic heterocycles. The molecule has 0 heterocycles. The summed E-state index contributed by atoms with van der Waals surface area (Å²) < 4.78 is 41.7. The van der Waals surface area contributed by atoms with Crippen molar-refractivity contribution < 1.29 is 22.7 Å². The van der Waals surface area contributed by atoms with Gasteiger partial charge in [-0.1, -0.05) is 24.6 Å². The Morgan fingerprint density at radius 3 is 2.49 bits per heavy atom. The van der Waals surface area contributed by atoms with Crippen LogP contribution in [-0.2, 0) is 17.8 Å². The van der Waals surface area contributed by atoms with Gasteiger partial charge in [-0.15, -0.1) is 13.2 Å². The lowest BCUT2D eigenvalue weighted by Gasteiger charge is -2.25. The number of hydrogen-bond donors (Lipinski definition) is 3. The number of allylic oxidation sites excluding steroid dienone is 1. The zero-order chi connectivity index (χ0) is 26.2. The van der Waals surface area contributed by atoms with Crippen molar-refractivity contribution in [2.24, 2.45) is 5.73 Å². The number of hydrogen-bond acceptors (Lipinski definition) is 5. The maximum Gasteiger partial charge on any atom is 0.573 e. The minimum absolute atomic E-state index is 0.152. The highest BCUT2D eigenvalue weighted by Gasteiger charge is 2.31. The van der Waals surface area contributed by atoms with Gasteiger partial charge in [-0.2, -0.15) is 0 Å². The van der Waals surface area contributed by atoms with Crippen LogP contribution in [0.3, 0.4) is 0 Å². The molecule has 0 bridgehead atoms. The molecule has 2 aromatic rings. The van der Waals surface area contributed by atoms with Gasteiger partial charge < -0.3 is 26.1 Å². The van der Waals surface area contributed by atoms with Gasteiger partial charge in [-0.05, 0) is 77.7 Å². The molecule has 0 unspecified atom stereocenters. The van der Waals surface area contributed by atoms with Crippen molar-refractivity contribution in [3.63, 3.8) is 0 Å². The lowest BCUT2D eigenvalue weighted by molar-refractivity contribution is -0.274. The number of rotatable bonds is 9. The van der Waals surface area contributed by atoms with Crippen molar-refractivity contribution in [2.45, 2.75) is 33.2 Å². The summed E-state index contributed by atoms with van der Waals surface area (Å²) in [6, 6.07) is 10.4. The molecule has 0 fully saturated rings. The number of alkyl halides is 3. The first-order valence-electron chi connectivity index (χ1n) is 10.5. The molecule has 0 saturated heterocycles. The Hall–Kier alpha value is -4.19. The van der Waals surface area contributed by atoms with Gasteiger partial charge in [0.2, 0.25) is 5.91 Å². The van der Waals surface area contributed by atoms with Crippen molar-refractivity contribution in [3.8, 4) is 28.8 Å². The van der Waals surface area contributed by atoms with Gasteiger partial charge in [0, 0.05) is 32.3 Å². The Morgan fingerprint density at radius 1 is 1.31 bits per heavy atom. The fourth-order valence-corrected chi connectivity index (χ4v) is 3.66. The van der Waals surface area contributed by atoms with Crippen LogP contribution in [0, 0.1) is 24.3 Å². The van der Waals surface area contributed by atoms with Gasteiger partial charge in [0.15, 0.2) is 0 Å². The first kappa shape index (κ1) is 27.1. The summed E-state index contributed by atoms with van der Waals surface area (Å²) in [6.07, 6.45) is -0.815. The lowest BCUT2D eigenvalue weighted by Crippen LogP contribution is -2.23. The van der Waals surface area contributed by atoms with Crippen LogP contribution in [0.1, 0.15) is 23.6 Å². The molecular weight excluding hydrogens is 457 g/mol. The predicted octanol–water partition coefficient (Wildman–Crippen LogP) is 4.81. The Labute approximate surface area is 202 Å². The fourth-order valence-electron chi connectivity index (χ4n) is 3.66. The lowest BCUT2D eigenvalue weighted by atomic mass is 9.89. The van der Waals surface area contributed by atoms with E-state index >= 15 is 0 Å². The number of amides is 1. The van der Waals surface area contributed by atoms with Gasteiger partial charge in [-0.25, -0.2) is 0 Å². The van der Waals surface area contributed by atoms with Crippen LogP contribution in [-0.4, -0.2) is 25.5 Å². The molecule has 0 saturated carbocycles. The minimum Gasteiger partial charge on any atom is -0.406 e. The van der Waals surface area contributed by atoms with E-state index < -0.39 is 6.36 Å². The van der Waals surface area contributed by atoms with Crippen LogP contribution in [0.25, 0.3) is 11.1 Å². The highest BCUT2D eigenvalue weighted by Crippen LogP contribution is 2.38.